The molecule has 0 radical (unpaired) electrons. The van der Waals surface area contributed by atoms with E-state index in [2.05, 4.69) is 27.2 Å². The smallest absolute Gasteiger partial charge is 0.156 e. The van der Waals surface area contributed by atoms with Gasteiger partial charge in [-0.2, -0.15) is 0 Å². The van der Waals surface area contributed by atoms with Crippen molar-refractivity contribution in [1.82, 2.24) is 20.3 Å². The molecule has 0 unspecified atom stereocenters. The minimum Gasteiger partial charge on any atom is -0.339 e. The monoisotopic (exact) mass is 216 g/mol. The number of hydrogen-bond acceptors (Lipinski definition) is 3. The SMILES string of the molecule is CCNCc1cnc(-c2cc(C)ccn2)[nH]1. The van der Waals surface area contributed by atoms with E-state index >= 15 is 0 Å². The number of imidazole rings is 1. The molecule has 4 heteroatoms. The van der Waals surface area contributed by atoms with Crippen molar-refractivity contribution < 1.29 is 0 Å². The molecule has 0 spiro atoms. The van der Waals surface area contributed by atoms with Crippen molar-refractivity contribution >= 4 is 0 Å². The second kappa shape index (κ2) is 4.90. The lowest BCUT2D eigenvalue weighted by Gasteiger charge is -1.98. The van der Waals surface area contributed by atoms with E-state index < -0.39 is 0 Å². The minimum absolute atomic E-state index is 0.815. The zero-order chi connectivity index (χ0) is 11.4. The summed E-state index contributed by atoms with van der Waals surface area (Å²) in [6, 6.07) is 4.00. The highest BCUT2D eigenvalue weighted by molar-refractivity contribution is 5.50. The first-order chi connectivity index (χ1) is 7.79. The van der Waals surface area contributed by atoms with E-state index in [1.165, 1.54) is 5.56 Å². The Kier molecular flexibility index (Phi) is 3.31. The Balaban J connectivity index is 2.18. The van der Waals surface area contributed by atoms with Crippen LogP contribution >= 0.6 is 0 Å². The van der Waals surface area contributed by atoms with E-state index in [4.69, 9.17) is 0 Å². The van der Waals surface area contributed by atoms with Crippen LogP contribution in [0.5, 0.6) is 0 Å². The molecule has 2 N–H and O–H groups in total. The van der Waals surface area contributed by atoms with Gasteiger partial charge in [0.1, 0.15) is 5.69 Å². The third-order valence-electron chi connectivity index (χ3n) is 2.35. The van der Waals surface area contributed by atoms with Crippen LogP contribution in [0.2, 0.25) is 0 Å². The summed E-state index contributed by atoms with van der Waals surface area (Å²) in [5.74, 6) is 0.830. The van der Waals surface area contributed by atoms with E-state index in [1.54, 1.807) is 6.20 Å². The van der Waals surface area contributed by atoms with Crippen LogP contribution in [0.3, 0.4) is 0 Å². The Labute approximate surface area is 95.1 Å². The number of nitrogens with zero attached hydrogens (tertiary/aromatic N) is 2. The van der Waals surface area contributed by atoms with Crippen LogP contribution in [0.1, 0.15) is 18.2 Å². The zero-order valence-corrected chi connectivity index (χ0v) is 9.62. The zero-order valence-electron chi connectivity index (χ0n) is 9.62. The molecule has 4 nitrogen and oxygen atoms in total. The number of aromatic nitrogens is 3. The predicted octanol–water partition coefficient (Wildman–Crippen LogP) is 1.89. The fraction of sp³-hybridized carbons (Fsp3) is 0.333. The van der Waals surface area contributed by atoms with Crippen LogP contribution in [-0.4, -0.2) is 21.5 Å². The maximum absolute atomic E-state index is 4.32. The Morgan fingerprint density at radius 3 is 3.00 bits per heavy atom. The molecule has 16 heavy (non-hydrogen) atoms. The molecular weight excluding hydrogens is 200 g/mol. The molecule has 0 bridgehead atoms. The number of hydrogen-bond donors (Lipinski definition) is 2. The second-order valence-corrected chi connectivity index (χ2v) is 3.76. The Morgan fingerprint density at radius 2 is 2.25 bits per heavy atom. The maximum atomic E-state index is 4.32. The van der Waals surface area contributed by atoms with Crippen LogP contribution in [0.4, 0.5) is 0 Å². The first kappa shape index (κ1) is 10.8. The largest absolute Gasteiger partial charge is 0.339 e. The molecule has 0 aliphatic carbocycles. The van der Waals surface area contributed by atoms with Gasteiger partial charge >= 0.3 is 0 Å². The molecule has 0 fully saturated rings. The van der Waals surface area contributed by atoms with Gasteiger partial charge in [0.25, 0.3) is 0 Å². The van der Waals surface area contributed by atoms with E-state index in [-0.39, 0.29) is 0 Å². The standard InChI is InChI=1S/C12H16N4/c1-3-13-7-10-8-15-12(16-10)11-6-9(2)4-5-14-11/h4-6,8,13H,3,7H2,1-2H3,(H,15,16). The fourth-order valence-corrected chi connectivity index (χ4v) is 1.50. The second-order valence-electron chi connectivity index (χ2n) is 3.76. The molecular formula is C12H16N4. The van der Waals surface area contributed by atoms with Crippen LogP contribution in [-0.2, 0) is 6.54 Å². The summed E-state index contributed by atoms with van der Waals surface area (Å²) in [6.45, 7) is 5.90. The average molecular weight is 216 g/mol. The molecule has 0 amide bonds. The van der Waals surface area contributed by atoms with Gasteiger partial charge in [-0.3, -0.25) is 4.98 Å². The minimum atomic E-state index is 0.815. The van der Waals surface area contributed by atoms with E-state index in [0.717, 1.165) is 30.3 Å². The molecule has 0 aliphatic rings. The summed E-state index contributed by atoms with van der Waals surface area (Å²) in [5.41, 5.74) is 3.16. The first-order valence-electron chi connectivity index (χ1n) is 5.47. The molecule has 0 saturated heterocycles. The molecule has 0 saturated carbocycles. The van der Waals surface area contributed by atoms with Gasteiger partial charge in [-0.1, -0.05) is 6.92 Å². The molecule has 0 aromatic carbocycles. The van der Waals surface area contributed by atoms with Crippen molar-refractivity contribution in [2.75, 3.05) is 6.54 Å². The van der Waals surface area contributed by atoms with Crippen molar-refractivity contribution in [2.45, 2.75) is 20.4 Å². The number of rotatable bonds is 4. The molecule has 2 aromatic heterocycles. The lowest BCUT2D eigenvalue weighted by Crippen LogP contribution is -2.11. The Bertz CT molecular complexity index is 462. The van der Waals surface area contributed by atoms with E-state index in [1.807, 2.05) is 25.3 Å². The summed E-state index contributed by atoms with van der Waals surface area (Å²) < 4.78 is 0. The normalized spacial score (nSPS) is 10.6. The molecule has 2 aromatic rings. The number of pyridine rings is 1. The summed E-state index contributed by atoms with van der Waals surface area (Å²) in [4.78, 5) is 11.9. The van der Waals surface area contributed by atoms with Gasteiger partial charge in [0, 0.05) is 18.4 Å². The van der Waals surface area contributed by atoms with E-state index in [9.17, 15) is 0 Å². The molecule has 0 atom stereocenters. The Morgan fingerprint density at radius 1 is 1.38 bits per heavy atom. The average Bonchev–Trinajstić information content (AvgIpc) is 2.75. The highest BCUT2D eigenvalue weighted by atomic mass is 15.0. The number of H-pyrrole nitrogens is 1. The van der Waals surface area contributed by atoms with Gasteiger partial charge in [-0.05, 0) is 31.2 Å². The third-order valence-corrected chi connectivity index (χ3v) is 2.35. The first-order valence-corrected chi connectivity index (χ1v) is 5.47. The van der Waals surface area contributed by atoms with Crippen LogP contribution in [0.15, 0.2) is 24.5 Å². The number of aromatic amines is 1. The van der Waals surface area contributed by atoms with Crippen molar-refractivity contribution in [1.29, 1.82) is 0 Å². The topological polar surface area (TPSA) is 53.6 Å². The van der Waals surface area contributed by atoms with Gasteiger partial charge in [0.2, 0.25) is 0 Å². The van der Waals surface area contributed by atoms with E-state index in [0.29, 0.717) is 0 Å². The van der Waals surface area contributed by atoms with Crippen molar-refractivity contribution in [3.63, 3.8) is 0 Å². The molecule has 0 aliphatic heterocycles. The summed E-state index contributed by atoms with van der Waals surface area (Å²) >= 11 is 0. The third kappa shape index (κ3) is 2.46. The predicted molar refractivity (Wildman–Crippen MR) is 63.9 cm³/mol. The molecule has 84 valence electrons. The lowest BCUT2D eigenvalue weighted by atomic mass is 10.2. The number of aryl methyl sites for hydroxylation is 1. The van der Waals surface area contributed by atoms with Gasteiger partial charge in [0.05, 0.1) is 6.20 Å². The summed E-state index contributed by atoms with van der Waals surface area (Å²) in [5, 5.41) is 3.25. The number of nitrogens with one attached hydrogen (secondary N) is 2. The Hall–Kier alpha value is -1.68. The summed E-state index contributed by atoms with van der Waals surface area (Å²) in [6.07, 6.45) is 3.65. The highest BCUT2D eigenvalue weighted by Crippen LogP contribution is 2.13. The van der Waals surface area contributed by atoms with Crippen molar-refractivity contribution in [2.24, 2.45) is 0 Å². The van der Waals surface area contributed by atoms with Crippen molar-refractivity contribution in [3.8, 4) is 11.5 Å². The van der Waals surface area contributed by atoms with Gasteiger partial charge in [-0.25, -0.2) is 4.98 Å². The molecule has 2 rings (SSSR count). The van der Waals surface area contributed by atoms with Crippen molar-refractivity contribution in [3.05, 3.63) is 35.8 Å². The lowest BCUT2D eigenvalue weighted by molar-refractivity contribution is 0.714. The summed E-state index contributed by atoms with van der Waals surface area (Å²) in [7, 11) is 0. The molecule has 2 heterocycles. The van der Waals surface area contributed by atoms with Crippen LogP contribution in [0, 0.1) is 6.92 Å². The van der Waals surface area contributed by atoms with Crippen LogP contribution < -0.4 is 5.32 Å². The fourth-order valence-electron chi connectivity index (χ4n) is 1.50. The van der Waals surface area contributed by atoms with Gasteiger partial charge < -0.3 is 10.3 Å². The van der Waals surface area contributed by atoms with Crippen LogP contribution in [0.25, 0.3) is 11.5 Å². The highest BCUT2D eigenvalue weighted by Gasteiger charge is 2.04. The van der Waals surface area contributed by atoms with Gasteiger partial charge in [0.15, 0.2) is 5.82 Å². The van der Waals surface area contributed by atoms with Gasteiger partial charge in [-0.15, -0.1) is 0 Å². The maximum Gasteiger partial charge on any atom is 0.156 e. The quantitative estimate of drug-likeness (QED) is 0.820.